The molecule has 0 bridgehead atoms. The Labute approximate surface area is 126 Å². The minimum Gasteiger partial charge on any atom is -0.477 e. The van der Waals surface area contributed by atoms with Gasteiger partial charge in [-0.2, -0.15) is 0 Å². The molecule has 1 aliphatic heterocycles. The van der Waals surface area contributed by atoms with Crippen LogP contribution in [0.4, 0.5) is 0 Å². The number of pyridine rings is 1. The van der Waals surface area contributed by atoms with Crippen LogP contribution in [0.5, 0.6) is 5.88 Å². The van der Waals surface area contributed by atoms with E-state index in [1.165, 1.54) is 0 Å². The molecule has 0 N–H and O–H groups in total. The van der Waals surface area contributed by atoms with Crippen molar-refractivity contribution in [1.82, 2.24) is 9.29 Å². The van der Waals surface area contributed by atoms with E-state index < -0.39 is 10.0 Å². The topological polar surface area (TPSA) is 59.5 Å². The van der Waals surface area contributed by atoms with Crippen LogP contribution in [-0.4, -0.2) is 43.2 Å². The molecule has 1 aromatic rings. The Bertz CT molecular complexity index is 590. The molecule has 5 nitrogen and oxygen atoms in total. The monoisotopic (exact) mass is 310 g/mol. The summed E-state index contributed by atoms with van der Waals surface area (Å²) in [6, 6.07) is 5.60. The highest BCUT2D eigenvalue weighted by Gasteiger charge is 2.52. The number of hydrogen-bond acceptors (Lipinski definition) is 4. The van der Waals surface area contributed by atoms with Crippen molar-refractivity contribution in [3.63, 3.8) is 0 Å². The van der Waals surface area contributed by atoms with E-state index >= 15 is 0 Å². The van der Waals surface area contributed by atoms with Crippen LogP contribution in [0, 0.1) is 11.3 Å². The first-order valence-corrected chi connectivity index (χ1v) is 9.18. The van der Waals surface area contributed by atoms with Gasteiger partial charge in [-0.05, 0) is 31.7 Å². The van der Waals surface area contributed by atoms with E-state index in [4.69, 9.17) is 4.74 Å². The molecule has 3 rings (SSSR count). The smallest absolute Gasteiger partial charge is 0.213 e. The maximum atomic E-state index is 12.1. The summed E-state index contributed by atoms with van der Waals surface area (Å²) in [6.07, 6.45) is 5.01. The average Bonchev–Trinajstić information content (AvgIpc) is 3.04. The number of ether oxygens (including phenoxy) is 1. The van der Waals surface area contributed by atoms with E-state index in [0.29, 0.717) is 31.5 Å². The molecule has 0 spiro atoms. The van der Waals surface area contributed by atoms with E-state index in [0.717, 1.165) is 19.3 Å². The molecule has 2 atom stereocenters. The molecule has 2 aliphatic rings. The number of aromatic nitrogens is 1. The Morgan fingerprint density at radius 3 is 3.05 bits per heavy atom. The average molecular weight is 310 g/mol. The van der Waals surface area contributed by atoms with E-state index in [1.807, 2.05) is 18.2 Å². The molecule has 1 aromatic heterocycles. The van der Waals surface area contributed by atoms with E-state index in [9.17, 15) is 8.42 Å². The number of fused-ring (bicyclic) bond motifs is 1. The normalized spacial score (nSPS) is 29.5. The molecule has 2 heterocycles. The summed E-state index contributed by atoms with van der Waals surface area (Å²) in [4.78, 5) is 4.18. The Kier molecular flexibility index (Phi) is 3.92. The summed E-state index contributed by atoms with van der Waals surface area (Å²) in [5, 5.41) is 0. The van der Waals surface area contributed by atoms with Gasteiger partial charge in [-0.25, -0.2) is 17.7 Å². The second-order valence-corrected chi connectivity index (χ2v) is 8.36. The van der Waals surface area contributed by atoms with Gasteiger partial charge in [-0.15, -0.1) is 0 Å². The van der Waals surface area contributed by atoms with Crippen LogP contribution in [0.3, 0.4) is 0 Å². The van der Waals surface area contributed by atoms with Gasteiger partial charge in [-0.3, -0.25) is 0 Å². The molecular weight excluding hydrogens is 288 g/mol. The number of nitrogens with zero attached hydrogens (tertiary/aromatic N) is 2. The molecule has 21 heavy (non-hydrogen) atoms. The van der Waals surface area contributed by atoms with Crippen molar-refractivity contribution in [3.05, 3.63) is 24.4 Å². The fraction of sp³-hybridized carbons (Fsp3) is 0.667. The predicted molar refractivity (Wildman–Crippen MR) is 80.5 cm³/mol. The number of rotatable bonds is 5. The van der Waals surface area contributed by atoms with Crippen molar-refractivity contribution in [2.45, 2.75) is 26.2 Å². The van der Waals surface area contributed by atoms with Crippen LogP contribution < -0.4 is 4.74 Å². The van der Waals surface area contributed by atoms with Crippen LogP contribution in [0.15, 0.2) is 24.4 Å². The first-order chi connectivity index (χ1) is 10.1. The Hall–Kier alpha value is -1.14. The fourth-order valence-electron chi connectivity index (χ4n) is 3.65. The largest absolute Gasteiger partial charge is 0.477 e. The molecular formula is C15H22N2O3S. The van der Waals surface area contributed by atoms with Crippen LogP contribution in [0.1, 0.15) is 26.2 Å². The zero-order valence-corrected chi connectivity index (χ0v) is 13.2. The van der Waals surface area contributed by atoms with E-state index in [1.54, 1.807) is 17.4 Å². The summed E-state index contributed by atoms with van der Waals surface area (Å²) < 4.78 is 31.8. The maximum absolute atomic E-state index is 12.1. The summed E-state index contributed by atoms with van der Waals surface area (Å²) >= 11 is 0. The number of hydrogen-bond donors (Lipinski definition) is 0. The molecule has 1 aliphatic carbocycles. The standard InChI is InChI=1S/C15H22N2O3S/c1-2-21(18,19)17-10-13-6-5-8-15(13,11-17)12-20-14-7-3-4-9-16-14/h3-4,7,9,13H,2,5-6,8,10-12H2,1H3/t13-,15-/m1/s1. The van der Waals surface area contributed by atoms with Crippen molar-refractivity contribution in [3.8, 4) is 5.88 Å². The molecule has 2 fully saturated rings. The lowest BCUT2D eigenvalue weighted by Crippen LogP contribution is -2.36. The second-order valence-electron chi connectivity index (χ2n) is 6.10. The molecule has 6 heteroatoms. The second kappa shape index (κ2) is 5.57. The van der Waals surface area contributed by atoms with Crippen molar-refractivity contribution in [2.24, 2.45) is 11.3 Å². The van der Waals surface area contributed by atoms with Gasteiger partial charge >= 0.3 is 0 Å². The summed E-state index contributed by atoms with van der Waals surface area (Å²) in [5.41, 5.74) is -0.0280. The third-order valence-electron chi connectivity index (χ3n) is 4.91. The Balaban J connectivity index is 1.73. The van der Waals surface area contributed by atoms with Crippen LogP contribution in [0.2, 0.25) is 0 Å². The highest BCUT2D eigenvalue weighted by molar-refractivity contribution is 7.89. The molecule has 0 radical (unpaired) electrons. The lowest BCUT2D eigenvalue weighted by atomic mass is 9.82. The zero-order chi connectivity index (χ0) is 14.9. The maximum Gasteiger partial charge on any atom is 0.213 e. The first kappa shape index (κ1) is 14.8. The Morgan fingerprint density at radius 2 is 2.33 bits per heavy atom. The predicted octanol–water partition coefficient (Wildman–Crippen LogP) is 1.91. The molecule has 0 unspecified atom stereocenters. The van der Waals surface area contributed by atoms with Gasteiger partial charge in [0.05, 0.1) is 12.4 Å². The van der Waals surface area contributed by atoms with E-state index in [2.05, 4.69) is 4.98 Å². The third-order valence-corrected chi connectivity index (χ3v) is 6.71. The summed E-state index contributed by atoms with van der Waals surface area (Å²) in [6.45, 7) is 3.52. The first-order valence-electron chi connectivity index (χ1n) is 7.57. The van der Waals surface area contributed by atoms with Crippen LogP contribution in [-0.2, 0) is 10.0 Å². The van der Waals surface area contributed by atoms with Crippen molar-refractivity contribution >= 4 is 10.0 Å². The summed E-state index contributed by atoms with van der Waals surface area (Å²) in [7, 11) is -3.10. The molecule has 116 valence electrons. The number of sulfonamides is 1. The van der Waals surface area contributed by atoms with Gasteiger partial charge in [0.15, 0.2) is 0 Å². The SMILES string of the molecule is CCS(=O)(=O)N1C[C@H]2CCC[C@]2(COc2ccccn2)C1. The van der Waals surface area contributed by atoms with Crippen LogP contribution in [0.25, 0.3) is 0 Å². The van der Waals surface area contributed by atoms with Crippen molar-refractivity contribution in [1.29, 1.82) is 0 Å². The van der Waals surface area contributed by atoms with Gasteiger partial charge in [0.2, 0.25) is 15.9 Å². The van der Waals surface area contributed by atoms with Gasteiger partial charge in [0.1, 0.15) is 0 Å². The van der Waals surface area contributed by atoms with Gasteiger partial charge in [0, 0.05) is 30.8 Å². The minimum absolute atomic E-state index is 0.0280. The summed E-state index contributed by atoms with van der Waals surface area (Å²) in [5.74, 6) is 1.22. The quantitative estimate of drug-likeness (QED) is 0.833. The zero-order valence-electron chi connectivity index (χ0n) is 12.4. The minimum atomic E-state index is -3.10. The molecule has 1 saturated carbocycles. The van der Waals surface area contributed by atoms with E-state index in [-0.39, 0.29) is 11.2 Å². The fourth-order valence-corrected chi connectivity index (χ4v) is 4.87. The highest BCUT2D eigenvalue weighted by Crippen LogP contribution is 2.49. The molecule has 1 saturated heterocycles. The lowest BCUT2D eigenvalue weighted by molar-refractivity contribution is 0.130. The van der Waals surface area contributed by atoms with Crippen molar-refractivity contribution < 1.29 is 13.2 Å². The van der Waals surface area contributed by atoms with Gasteiger partial charge in [0.25, 0.3) is 0 Å². The highest BCUT2D eigenvalue weighted by atomic mass is 32.2. The third kappa shape index (κ3) is 2.79. The van der Waals surface area contributed by atoms with Crippen LogP contribution >= 0.6 is 0 Å². The lowest BCUT2D eigenvalue weighted by Gasteiger charge is -2.28. The van der Waals surface area contributed by atoms with Gasteiger partial charge in [-0.1, -0.05) is 12.5 Å². The van der Waals surface area contributed by atoms with Crippen molar-refractivity contribution in [2.75, 3.05) is 25.4 Å². The molecule has 0 aromatic carbocycles. The molecule has 0 amide bonds. The Morgan fingerprint density at radius 1 is 1.48 bits per heavy atom. The van der Waals surface area contributed by atoms with Gasteiger partial charge < -0.3 is 4.74 Å².